The van der Waals surface area contributed by atoms with Gasteiger partial charge in [-0.05, 0) is 43.0 Å². The molecule has 0 aliphatic rings. The first-order chi connectivity index (χ1) is 29.2. The van der Waals surface area contributed by atoms with Gasteiger partial charge in [0.1, 0.15) is 19.8 Å². The molecule has 0 saturated carbocycles. The lowest BCUT2D eigenvalue weighted by Crippen LogP contribution is -2.37. The van der Waals surface area contributed by atoms with Gasteiger partial charge in [0.15, 0.2) is 6.10 Å². The van der Waals surface area contributed by atoms with Gasteiger partial charge in [-0.15, -0.1) is 0 Å². The summed E-state index contributed by atoms with van der Waals surface area (Å²) in [5.74, 6) is -1.13. The quantitative estimate of drug-likeness (QED) is 0.0261. The molecule has 1 amide bonds. The first kappa shape index (κ1) is 54.4. The minimum atomic E-state index is -4.45. The molecule has 0 aromatic heterocycles. The van der Waals surface area contributed by atoms with E-state index >= 15 is 0 Å². The number of ether oxygens (including phenoxy) is 2. The maximum atomic E-state index is 12.8. The molecule has 0 aliphatic heterocycles. The molecule has 3 N–H and O–H groups in total. The summed E-state index contributed by atoms with van der Waals surface area (Å²) in [6, 6.07) is 12.7. The Kier molecular flexibility index (Phi) is 28.6. The minimum absolute atomic E-state index is 0.0141. The summed E-state index contributed by atoms with van der Waals surface area (Å²) in [5.41, 5.74) is 2.07. The minimum Gasteiger partial charge on any atom is -0.462 e. The van der Waals surface area contributed by atoms with Gasteiger partial charge >= 0.3 is 19.8 Å². The van der Waals surface area contributed by atoms with Crippen molar-refractivity contribution >= 4 is 60.2 Å². The van der Waals surface area contributed by atoms with E-state index in [1.54, 1.807) is 18.2 Å². The van der Waals surface area contributed by atoms with Crippen LogP contribution in [0.2, 0.25) is 10.0 Å². The molecule has 2 atom stereocenters. The number of amides is 1. The van der Waals surface area contributed by atoms with Gasteiger partial charge in [0.2, 0.25) is 5.91 Å². The number of para-hydroxylation sites is 2. The monoisotopic (exact) mass is 914 g/mol. The number of nitrogens with one attached hydrogen (secondary N) is 2. The lowest BCUT2D eigenvalue weighted by molar-refractivity contribution is -0.870. The van der Waals surface area contributed by atoms with Crippen LogP contribution < -0.4 is 10.6 Å². The molecule has 2 rings (SSSR count). The van der Waals surface area contributed by atoms with E-state index in [4.69, 9.17) is 41.7 Å². The van der Waals surface area contributed by atoms with E-state index in [2.05, 4.69) is 17.6 Å². The predicted octanol–water partition coefficient (Wildman–Crippen LogP) is 11.5. The van der Waals surface area contributed by atoms with Crippen LogP contribution in [-0.4, -0.2) is 87.4 Å². The van der Waals surface area contributed by atoms with Crippen LogP contribution in [0.25, 0.3) is 0 Å². The molecular weight excluding hydrogens is 840 g/mol. The summed E-state index contributed by atoms with van der Waals surface area (Å²) >= 11 is 12.6. The molecule has 0 bridgehead atoms. The van der Waals surface area contributed by atoms with E-state index in [1.807, 2.05) is 45.4 Å². The van der Waals surface area contributed by atoms with Crippen LogP contribution in [0.5, 0.6) is 0 Å². The summed E-state index contributed by atoms with van der Waals surface area (Å²) < 4.78 is 34.3. The van der Waals surface area contributed by atoms with Crippen molar-refractivity contribution in [3.8, 4) is 0 Å². The van der Waals surface area contributed by atoms with Crippen molar-refractivity contribution in [1.29, 1.82) is 0 Å². The number of anilines is 2. The van der Waals surface area contributed by atoms with Crippen molar-refractivity contribution in [2.75, 3.05) is 59.4 Å². The number of hydrogen-bond donors (Lipinski definition) is 3. The fraction of sp³-hybridized carbons (Fsp3) is 0.674. The fourth-order valence-corrected chi connectivity index (χ4v) is 7.72. The van der Waals surface area contributed by atoms with E-state index in [9.17, 15) is 23.8 Å². The van der Waals surface area contributed by atoms with Crippen LogP contribution >= 0.6 is 31.0 Å². The third kappa shape index (κ3) is 27.9. The van der Waals surface area contributed by atoms with E-state index < -0.39 is 32.5 Å². The highest BCUT2D eigenvalue weighted by molar-refractivity contribution is 7.47. The number of benzene rings is 2. The van der Waals surface area contributed by atoms with Crippen molar-refractivity contribution < 1.29 is 46.8 Å². The second-order valence-electron chi connectivity index (χ2n) is 16.8. The van der Waals surface area contributed by atoms with Crippen LogP contribution in [0, 0.1) is 0 Å². The number of nitrogens with zero attached hydrogens (tertiary/aromatic N) is 1. The molecule has 1 unspecified atom stereocenters. The molecular formula is C46H75Cl2N3O9P+. The van der Waals surface area contributed by atoms with Crippen molar-refractivity contribution in [3.63, 3.8) is 0 Å². The Morgan fingerprint density at radius 2 is 1.25 bits per heavy atom. The van der Waals surface area contributed by atoms with Crippen LogP contribution in [0.3, 0.4) is 0 Å². The van der Waals surface area contributed by atoms with E-state index in [1.165, 1.54) is 70.6 Å². The molecule has 346 valence electrons. The lowest BCUT2D eigenvalue weighted by atomic mass is 10.0. The Bertz CT molecular complexity index is 1570. The summed E-state index contributed by atoms with van der Waals surface area (Å²) in [6.45, 7) is 2.34. The largest absolute Gasteiger partial charge is 0.472 e. The number of phosphoric acid groups is 1. The molecule has 15 heteroatoms. The molecule has 12 nitrogen and oxygen atoms in total. The van der Waals surface area contributed by atoms with Gasteiger partial charge in [-0.3, -0.25) is 23.4 Å². The van der Waals surface area contributed by atoms with Gasteiger partial charge in [-0.1, -0.05) is 151 Å². The number of esters is 2. The van der Waals surface area contributed by atoms with Crippen molar-refractivity contribution in [2.45, 2.75) is 148 Å². The molecule has 2 aromatic carbocycles. The molecule has 0 spiro atoms. The molecule has 0 fully saturated rings. The number of quaternary nitrogens is 1. The van der Waals surface area contributed by atoms with Gasteiger partial charge in [0, 0.05) is 25.1 Å². The Labute approximate surface area is 376 Å². The number of likely N-dealkylation sites (N-methyl/N-ethyl adjacent to an activating group) is 1. The Balaban J connectivity index is 1.70. The van der Waals surface area contributed by atoms with Gasteiger partial charge in [0.25, 0.3) is 0 Å². The number of carbonyl (C=O) groups is 3. The number of phosphoric ester groups is 1. The van der Waals surface area contributed by atoms with Gasteiger partial charge in [-0.25, -0.2) is 4.57 Å². The molecule has 0 aliphatic carbocycles. The second kappa shape index (κ2) is 32.0. The highest BCUT2D eigenvalue weighted by atomic mass is 35.5. The van der Waals surface area contributed by atoms with Crippen LogP contribution in [0.15, 0.2) is 42.5 Å². The molecule has 2 aromatic rings. The first-order valence-electron chi connectivity index (χ1n) is 22.5. The Morgan fingerprint density at radius 1 is 0.705 bits per heavy atom. The third-order valence-electron chi connectivity index (χ3n) is 10.1. The summed E-state index contributed by atoms with van der Waals surface area (Å²) in [5, 5.41) is 7.10. The highest BCUT2D eigenvalue weighted by Crippen LogP contribution is 2.43. The second-order valence-corrected chi connectivity index (χ2v) is 19.1. The van der Waals surface area contributed by atoms with Crippen molar-refractivity contribution in [1.82, 2.24) is 5.32 Å². The first-order valence-corrected chi connectivity index (χ1v) is 24.8. The Morgan fingerprint density at radius 3 is 1.84 bits per heavy atom. The van der Waals surface area contributed by atoms with Gasteiger partial charge < -0.3 is 29.5 Å². The van der Waals surface area contributed by atoms with Crippen LogP contribution in [0.4, 0.5) is 11.4 Å². The van der Waals surface area contributed by atoms with Crippen molar-refractivity contribution in [2.24, 2.45) is 0 Å². The number of unbranched alkanes of at least 4 members (excludes halogenated alkanes) is 16. The zero-order valence-electron chi connectivity index (χ0n) is 37.4. The summed E-state index contributed by atoms with van der Waals surface area (Å²) in [4.78, 5) is 48.4. The van der Waals surface area contributed by atoms with Crippen LogP contribution in [-0.2, 0) is 43.9 Å². The zero-order chi connectivity index (χ0) is 44.8. The summed E-state index contributed by atoms with van der Waals surface area (Å²) in [7, 11) is 1.32. The lowest BCUT2D eigenvalue weighted by Gasteiger charge is -2.24. The molecule has 61 heavy (non-hydrogen) atoms. The van der Waals surface area contributed by atoms with Gasteiger partial charge in [0.05, 0.1) is 49.9 Å². The maximum Gasteiger partial charge on any atom is 0.472 e. The maximum absolute atomic E-state index is 12.8. The Hall–Kier alpha value is -2.70. The van der Waals surface area contributed by atoms with Gasteiger partial charge in [-0.2, -0.15) is 0 Å². The average molecular weight is 916 g/mol. The molecule has 0 heterocycles. The molecule has 0 radical (unpaired) electrons. The number of carbonyl (C=O) groups excluding carboxylic acids is 3. The smallest absolute Gasteiger partial charge is 0.462 e. The van der Waals surface area contributed by atoms with Crippen molar-refractivity contribution in [3.05, 3.63) is 58.1 Å². The predicted molar refractivity (Wildman–Crippen MR) is 246 cm³/mol. The van der Waals surface area contributed by atoms with E-state index in [0.29, 0.717) is 59.0 Å². The average Bonchev–Trinajstić information content (AvgIpc) is 3.20. The molecule has 0 saturated heterocycles. The number of hydrogen-bond acceptors (Lipinski definition) is 9. The summed E-state index contributed by atoms with van der Waals surface area (Å²) in [6.07, 6.45) is 19.5. The fourth-order valence-electron chi connectivity index (χ4n) is 6.49. The standard InChI is InChI=1S/C46H74Cl2N3O9P/c1-5-6-7-8-9-10-11-12-13-14-15-16-17-18-20-30-44(53)57-36-39(37-59-61(55,56)58-34-33-51(2,3)4)60-45(54)31-21-19-24-32-49-43(52)35-38-26-22-23-29-42(38)50-46-40(47)27-25-28-41(46)48/h22-23,25-29,39,50H,5-21,24,30-37H2,1-4H3,(H-,49,52,55,56)/p+1/t39-/m1/s1. The SMILES string of the molecule is CCCCCCCCCCCCCCCCCC(=O)OC[C@H](COP(=O)(O)OCC[N+](C)(C)C)OC(=O)CCCCCNC(=O)Cc1ccccc1Nc1c(Cl)cccc1Cl. The topological polar surface area (TPSA) is 149 Å². The number of halogens is 2. The van der Waals surface area contributed by atoms with E-state index in [0.717, 1.165) is 30.5 Å². The zero-order valence-corrected chi connectivity index (χ0v) is 39.8. The normalized spacial score (nSPS) is 13.0. The van der Waals surface area contributed by atoms with E-state index in [-0.39, 0.29) is 38.4 Å². The highest BCUT2D eigenvalue weighted by Gasteiger charge is 2.27. The number of rotatable bonds is 36. The van der Waals surface area contributed by atoms with Crippen LogP contribution in [0.1, 0.15) is 141 Å². The third-order valence-corrected chi connectivity index (χ3v) is 11.7.